The normalized spacial score (nSPS) is 16.2. The van der Waals surface area contributed by atoms with Crippen LogP contribution >= 0.6 is 0 Å². The van der Waals surface area contributed by atoms with Gasteiger partial charge in [0.2, 0.25) is 0 Å². The number of nitrogens with one attached hydrogen (secondary N) is 2. The largest absolute Gasteiger partial charge is 0.334 e. The quantitative estimate of drug-likeness (QED) is 0.858. The fourth-order valence-electron chi connectivity index (χ4n) is 2.53. The molecule has 1 fully saturated rings. The molecular weight excluding hydrogens is 248 g/mol. The highest BCUT2D eigenvalue weighted by molar-refractivity contribution is 5.74. The Balaban J connectivity index is 1.67. The predicted octanol–water partition coefficient (Wildman–Crippen LogP) is 3.89. The van der Waals surface area contributed by atoms with Crippen LogP contribution in [0.5, 0.6) is 0 Å². The Morgan fingerprint density at radius 1 is 1.20 bits per heavy atom. The minimum atomic E-state index is -0.141. The molecule has 0 aromatic heterocycles. The summed E-state index contributed by atoms with van der Waals surface area (Å²) < 4.78 is 0. The minimum Gasteiger partial charge on any atom is -0.334 e. The van der Waals surface area contributed by atoms with Crippen LogP contribution in [-0.4, -0.2) is 6.03 Å². The number of hydrogen-bond acceptors (Lipinski definition) is 1. The number of urea groups is 1. The third kappa shape index (κ3) is 5.08. The summed E-state index contributed by atoms with van der Waals surface area (Å²) in [6, 6.07) is 8.04. The van der Waals surface area contributed by atoms with Gasteiger partial charge in [0.05, 0.1) is 0 Å². The molecular formula is C17H24N2O. The van der Waals surface area contributed by atoms with Crippen molar-refractivity contribution in [3.05, 3.63) is 47.7 Å². The molecule has 0 unspecified atom stereocenters. The van der Waals surface area contributed by atoms with E-state index in [2.05, 4.69) is 35.8 Å². The average molecular weight is 272 g/mol. The molecule has 2 rings (SSSR count). The van der Waals surface area contributed by atoms with Crippen LogP contribution in [-0.2, 0) is 6.54 Å². The van der Waals surface area contributed by atoms with E-state index >= 15 is 0 Å². The lowest BCUT2D eigenvalue weighted by Gasteiger charge is -2.17. The number of carbonyl (C=O) groups is 1. The van der Waals surface area contributed by atoms with E-state index in [-0.39, 0.29) is 6.03 Å². The molecule has 1 aromatic rings. The fraction of sp³-hybridized carbons (Fsp3) is 0.471. The molecule has 0 heterocycles. The van der Waals surface area contributed by atoms with Crippen LogP contribution in [0.25, 0.3) is 0 Å². The smallest absolute Gasteiger partial charge is 0.319 e. The van der Waals surface area contributed by atoms with Crippen LogP contribution < -0.4 is 10.6 Å². The maximum atomic E-state index is 11.7. The molecule has 0 radical (unpaired) electrons. The SMILES string of the molecule is Cc1ccc(CNC(=O)N/C=C/C2CCCCC2)cc1. The summed E-state index contributed by atoms with van der Waals surface area (Å²) in [5.74, 6) is 0.640. The van der Waals surface area contributed by atoms with Crippen molar-refractivity contribution < 1.29 is 4.79 Å². The highest BCUT2D eigenvalue weighted by Gasteiger charge is 2.09. The maximum absolute atomic E-state index is 11.7. The van der Waals surface area contributed by atoms with E-state index in [4.69, 9.17) is 0 Å². The van der Waals surface area contributed by atoms with Crippen LogP contribution in [0.1, 0.15) is 43.2 Å². The lowest BCUT2D eigenvalue weighted by Crippen LogP contribution is -2.31. The Morgan fingerprint density at radius 3 is 2.60 bits per heavy atom. The molecule has 3 nitrogen and oxygen atoms in total. The number of rotatable bonds is 4. The first-order valence-corrected chi connectivity index (χ1v) is 7.50. The second kappa shape index (κ2) is 7.73. The molecule has 0 saturated heterocycles. The van der Waals surface area contributed by atoms with E-state index in [1.807, 2.05) is 12.1 Å². The topological polar surface area (TPSA) is 41.1 Å². The zero-order chi connectivity index (χ0) is 14.2. The first kappa shape index (κ1) is 14.6. The molecule has 1 aliphatic rings. The van der Waals surface area contributed by atoms with Crippen molar-refractivity contribution in [2.75, 3.05) is 0 Å². The van der Waals surface area contributed by atoms with E-state index in [9.17, 15) is 4.79 Å². The summed E-state index contributed by atoms with van der Waals surface area (Å²) in [6.45, 7) is 2.61. The van der Waals surface area contributed by atoms with E-state index in [1.54, 1.807) is 6.20 Å². The summed E-state index contributed by atoms with van der Waals surface area (Å²) in [6.07, 6.45) is 10.4. The Kier molecular flexibility index (Phi) is 5.66. The highest BCUT2D eigenvalue weighted by atomic mass is 16.2. The molecule has 0 aliphatic heterocycles. The molecule has 0 atom stereocenters. The molecule has 2 N–H and O–H groups in total. The van der Waals surface area contributed by atoms with Gasteiger partial charge in [-0.15, -0.1) is 0 Å². The summed E-state index contributed by atoms with van der Waals surface area (Å²) in [7, 11) is 0. The van der Waals surface area contributed by atoms with Crippen molar-refractivity contribution in [1.29, 1.82) is 0 Å². The zero-order valence-corrected chi connectivity index (χ0v) is 12.2. The number of benzene rings is 1. The van der Waals surface area contributed by atoms with Crippen molar-refractivity contribution in [3.63, 3.8) is 0 Å². The molecule has 0 bridgehead atoms. The summed E-state index contributed by atoms with van der Waals surface area (Å²) in [4.78, 5) is 11.7. The van der Waals surface area contributed by atoms with Crippen molar-refractivity contribution in [2.45, 2.75) is 45.6 Å². The maximum Gasteiger partial charge on any atom is 0.319 e. The number of allylic oxidation sites excluding steroid dienone is 1. The molecule has 2 amide bonds. The first-order chi connectivity index (χ1) is 9.74. The average Bonchev–Trinajstić information content (AvgIpc) is 2.48. The van der Waals surface area contributed by atoms with Crippen LogP contribution in [0.2, 0.25) is 0 Å². The Morgan fingerprint density at radius 2 is 1.90 bits per heavy atom. The molecule has 1 aromatic carbocycles. The molecule has 108 valence electrons. The summed E-state index contributed by atoms with van der Waals surface area (Å²) >= 11 is 0. The van der Waals surface area contributed by atoms with Gasteiger partial charge in [-0.05, 0) is 31.2 Å². The van der Waals surface area contributed by atoms with Gasteiger partial charge in [0.25, 0.3) is 0 Å². The summed E-state index contributed by atoms with van der Waals surface area (Å²) in [5, 5.41) is 5.64. The van der Waals surface area contributed by atoms with Crippen molar-refractivity contribution >= 4 is 6.03 Å². The predicted molar refractivity (Wildman–Crippen MR) is 82.3 cm³/mol. The van der Waals surface area contributed by atoms with Crippen molar-refractivity contribution in [1.82, 2.24) is 10.6 Å². The van der Waals surface area contributed by atoms with Crippen LogP contribution in [0.4, 0.5) is 4.79 Å². The molecule has 3 heteroatoms. The molecule has 20 heavy (non-hydrogen) atoms. The number of aryl methyl sites for hydroxylation is 1. The lowest BCUT2D eigenvalue weighted by molar-refractivity contribution is 0.243. The Bertz CT molecular complexity index is 445. The molecule has 1 saturated carbocycles. The zero-order valence-electron chi connectivity index (χ0n) is 12.2. The summed E-state index contributed by atoms with van der Waals surface area (Å²) in [5.41, 5.74) is 2.34. The van der Waals surface area contributed by atoms with Gasteiger partial charge in [-0.1, -0.05) is 55.2 Å². The Labute approximate surface area is 121 Å². The van der Waals surface area contributed by atoms with Crippen LogP contribution in [0.15, 0.2) is 36.5 Å². The van der Waals surface area contributed by atoms with E-state index in [0.717, 1.165) is 5.56 Å². The van der Waals surface area contributed by atoms with E-state index < -0.39 is 0 Å². The lowest BCUT2D eigenvalue weighted by atomic mass is 9.89. The first-order valence-electron chi connectivity index (χ1n) is 7.50. The third-order valence-corrected chi connectivity index (χ3v) is 3.81. The minimum absolute atomic E-state index is 0.141. The highest BCUT2D eigenvalue weighted by Crippen LogP contribution is 2.24. The monoisotopic (exact) mass is 272 g/mol. The van der Waals surface area contributed by atoms with Gasteiger partial charge in [0, 0.05) is 12.7 Å². The van der Waals surface area contributed by atoms with Gasteiger partial charge in [-0.25, -0.2) is 4.79 Å². The standard InChI is InChI=1S/C17H24N2O/c1-14-7-9-16(10-8-14)13-19-17(20)18-12-11-15-5-3-2-4-6-15/h7-12,15H,2-6,13H2,1H3,(H2,18,19,20)/b12-11+. The van der Waals surface area contributed by atoms with Gasteiger partial charge < -0.3 is 10.6 Å². The van der Waals surface area contributed by atoms with Gasteiger partial charge in [-0.2, -0.15) is 0 Å². The third-order valence-electron chi connectivity index (χ3n) is 3.81. The molecule has 0 spiro atoms. The van der Waals surface area contributed by atoms with E-state index in [0.29, 0.717) is 12.5 Å². The number of hydrogen-bond donors (Lipinski definition) is 2. The number of amides is 2. The Hall–Kier alpha value is -1.77. The van der Waals surface area contributed by atoms with Gasteiger partial charge in [0.15, 0.2) is 0 Å². The second-order valence-electron chi connectivity index (χ2n) is 5.57. The molecule has 1 aliphatic carbocycles. The van der Waals surface area contributed by atoms with Crippen molar-refractivity contribution in [3.8, 4) is 0 Å². The van der Waals surface area contributed by atoms with Crippen LogP contribution in [0.3, 0.4) is 0 Å². The van der Waals surface area contributed by atoms with Crippen LogP contribution in [0, 0.1) is 12.8 Å². The van der Waals surface area contributed by atoms with Crippen molar-refractivity contribution in [2.24, 2.45) is 5.92 Å². The fourth-order valence-corrected chi connectivity index (χ4v) is 2.53. The van der Waals surface area contributed by atoms with Gasteiger partial charge in [0.1, 0.15) is 0 Å². The second-order valence-corrected chi connectivity index (χ2v) is 5.57. The van der Waals surface area contributed by atoms with E-state index in [1.165, 1.54) is 37.7 Å². The number of carbonyl (C=O) groups excluding carboxylic acids is 1. The van der Waals surface area contributed by atoms with Gasteiger partial charge in [-0.3, -0.25) is 0 Å². The van der Waals surface area contributed by atoms with Gasteiger partial charge >= 0.3 is 6.03 Å².